The molecular formula is C18H24N4O2. The smallest absolute Gasteiger partial charge is 0.251 e. The molecule has 0 spiro atoms. The summed E-state index contributed by atoms with van der Waals surface area (Å²) in [7, 11) is 1.96. The average molecular weight is 328 g/mol. The maximum Gasteiger partial charge on any atom is 0.251 e. The molecule has 24 heavy (non-hydrogen) atoms. The minimum Gasteiger partial charge on any atom is -0.364 e. The lowest BCUT2D eigenvalue weighted by Crippen LogP contribution is -2.43. The Morgan fingerprint density at radius 3 is 2.62 bits per heavy atom. The minimum absolute atomic E-state index is 0.0716. The number of aromatic nitrogens is 3. The Bertz CT molecular complexity index is 663. The van der Waals surface area contributed by atoms with Crippen molar-refractivity contribution in [3.63, 3.8) is 0 Å². The molecule has 0 aliphatic carbocycles. The van der Waals surface area contributed by atoms with E-state index in [0.29, 0.717) is 12.5 Å². The number of hydrogen-bond donors (Lipinski definition) is 0. The van der Waals surface area contributed by atoms with Crippen LogP contribution >= 0.6 is 0 Å². The van der Waals surface area contributed by atoms with Gasteiger partial charge in [0.2, 0.25) is 0 Å². The molecule has 6 heteroatoms. The van der Waals surface area contributed by atoms with Crippen LogP contribution in [0, 0.1) is 0 Å². The number of piperidine rings is 1. The number of carbonyl (C=O) groups is 1. The zero-order valence-electron chi connectivity index (χ0n) is 14.3. The molecule has 1 saturated heterocycles. The fourth-order valence-electron chi connectivity index (χ4n) is 3.14. The second-order valence-electron chi connectivity index (χ2n) is 6.34. The third-order valence-corrected chi connectivity index (χ3v) is 4.61. The van der Waals surface area contributed by atoms with Gasteiger partial charge in [-0.25, -0.2) is 0 Å². The molecule has 0 saturated carbocycles. The number of likely N-dealkylation sites (tertiary alicyclic amines) is 1. The number of nitrogens with zero attached hydrogens (tertiary/aromatic N) is 4. The lowest BCUT2D eigenvalue weighted by Gasteiger charge is -2.33. The minimum atomic E-state index is -0.420. The van der Waals surface area contributed by atoms with Crippen LogP contribution in [0.15, 0.2) is 36.7 Å². The summed E-state index contributed by atoms with van der Waals surface area (Å²) in [5.74, 6) is 1.46. The van der Waals surface area contributed by atoms with Crippen molar-refractivity contribution in [2.24, 2.45) is 7.05 Å². The lowest BCUT2D eigenvalue weighted by molar-refractivity contribution is -0.144. The molecule has 0 unspecified atom stereocenters. The maximum atomic E-state index is 12.5. The highest BCUT2D eigenvalue weighted by Gasteiger charge is 2.28. The van der Waals surface area contributed by atoms with Gasteiger partial charge in [0, 0.05) is 26.1 Å². The zero-order valence-corrected chi connectivity index (χ0v) is 14.3. The van der Waals surface area contributed by atoms with Gasteiger partial charge in [-0.3, -0.25) is 4.79 Å². The summed E-state index contributed by atoms with van der Waals surface area (Å²) < 4.78 is 7.71. The normalized spacial score (nSPS) is 17.0. The highest BCUT2D eigenvalue weighted by molar-refractivity contribution is 5.80. The van der Waals surface area contributed by atoms with Gasteiger partial charge in [-0.05, 0) is 25.3 Å². The van der Waals surface area contributed by atoms with Gasteiger partial charge >= 0.3 is 0 Å². The predicted octanol–water partition coefficient (Wildman–Crippen LogP) is 2.13. The first-order chi connectivity index (χ1) is 11.6. The number of benzene rings is 1. The summed E-state index contributed by atoms with van der Waals surface area (Å²) in [5, 5.41) is 8.14. The van der Waals surface area contributed by atoms with Crippen LogP contribution < -0.4 is 0 Å². The summed E-state index contributed by atoms with van der Waals surface area (Å²) in [4.78, 5) is 14.5. The Hall–Kier alpha value is -2.21. The van der Waals surface area contributed by atoms with Crippen molar-refractivity contribution in [1.29, 1.82) is 0 Å². The molecule has 3 rings (SSSR count). The van der Waals surface area contributed by atoms with Crippen molar-refractivity contribution in [2.45, 2.75) is 38.4 Å². The Kier molecular flexibility index (Phi) is 5.25. The SMILES string of the molecule is C[C@H](OCc1ccccc1)C(=O)N1CCC(c2nncn2C)CC1. The van der Waals surface area contributed by atoms with Crippen LogP contribution in [-0.2, 0) is 23.2 Å². The molecule has 128 valence electrons. The second kappa shape index (κ2) is 7.57. The van der Waals surface area contributed by atoms with Gasteiger partial charge in [0.05, 0.1) is 6.61 Å². The Balaban J connectivity index is 1.48. The van der Waals surface area contributed by atoms with Gasteiger partial charge < -0.3 is 14.2 Å². The molecule has 0 bridgehead atoms. The van der Waals surface area contributed by atoms with Gasteiger partial charge in [-0.1, -0.05) is 30.3 Å². The van der Waals surface area contributed by atoms with Gasteiger partial charge in [0.25, 0.3) is 5.91 Å². The number of rotatable bonds is 5. The van der Waals surface area contributed by atoms with Gasteiger partial charge in [0.1, 0.15) is 18.3 Å². The summed E-state index contributed by atoms with van der Waals surface area (Å²) in [5.41, 5.74) is 1.08. The van der Waals surface area contributed by atoms with Gasteiger partial charge in [0.15, 0.2) is 0 Å². The molecule has 1 aromatic carbocycles. The Morgan fingerprint density at radius 1 is 1.29 bits per heavy atom. The van der Waals surface area contributed by atoms with E-state index in [1.807, 2.05) is 53.8 Å². The maximum absolute atomic E-state index is 12.5. The van der Waals surface area contributed by atoms with Crippen molar-refractivity contribution in [3.8, 4) is 0 Å². The van der Waals surface area contributed by atoms with Crippen molar-refractivity contribution < 1.29 is 9.53 Å². The number of aryl methyl sites for hydroxylation is 1. The fraction of sp³-hybridized carbons (Fsp3) is 0.500. The van der Waals surface area contributed by atoms with Crippen molar-refractivity contribution in [2.75, 3.05) is 13.1 Å². The summed E-state index contributed by atoms with van der Waals surface area (Å²) in [6, 6.07) is 9.93. The van der Waals surface area contributed by atoms with E-state index >= 15 is 0 Å². The van der Waals surface area contributed by atoms with E-state index in [2.05, 4.69) is 10.2 Å². The molecule has 2 aromatic rings. The summed E-state index contributed by atoms with van der Waals surface area (Å²) >= 11 is 0. The van der Waals surface area contributed by atoms with E-state index in [1.165, 1.54) is 0 Å². The monoisotopic (exact) mass is 328 g/mol. The van der Waals surface area contributed by atoms with E-state index in [0.717, 1.165) is 37.3 Å². The first-order valence-corrected chi connectivity index (χ1v) is 8.43. The molecule has 1 amide bonds. The van der Waals surface area contributed by atoms with Crippen LogP contribution in [0.3, 0.4) is 0 Å². The Morgan fingerprint density at radius 2 is 2.00 bits per heavy atom. The van der Waals surface area contributed by atoms with Crippen molar-refractivity contribution >= 4 is 5.91 Å². The standard InChI is InChI=1S/C18H24N4O2/c1-14(24-12-15-6-4-3-5-7-15)18(23)22-10-8-16(9-11-22)17-20-19-13-21(17)2/h3-7,13-14,16H,8-12H2,1-2H3/t14-/m0/s1. The number of amides is 1. The van der Waals surface area contributed by atoms with Gasteiger partial charge in [-0.2, -0.15) is 0 Å². The first kappa shape index (κ1) is 16.6. The molecule has 1 aliphatic rings. The highest BCUT2D eigenvalue weighted by Crippen LogP contribution is 2.26. The molecule has 2 heterocycles. The topological polar surface area (TPSA) is 60.2 Å². The molecule has 1 aromatic heterocycles. The summed E-state index contributed by atoms with van der Waals surface area (Å²) in [6.07, 6.45) is 3.15. The number of ether oxygens (including phenoxy) is 1. The molecule has 6 nitrogen and oxygen atoms in total. The largest absolute Gasteiger partial charge is 0.364 e. The van der Waals surface area contributed by atoms with Crippen LogP contribution in [0.2, 0.25) is 0 Å². The average Bonchev–Trinajstić information content (AvgIpc) is 3.06. The van der Waals surface area contributed by atoms with E-state index in [4.69, 9.17) is 4.74 Å². The van der Waals surface area contributed by atoms with Crippen molar-refractivity contribution in [3.05, 3.63) is 48.0 Å². The quantitative estimate of drug-likeness (QED) is 0.843. The third kappa shape index (κ3) is 3.82. The van der Waals surface area contributed by atoms with Crippen molar-refractivity contribution in [1.82, 2.24) is 19.7 Å². The van der Waals surface area contributed by atoms with E-state index < -0.39 is 6.10 Å². The van der Waals surface area contributed by atoms with E-state index in [9.17, 15) is 4.79 Å². The summed E-state index contributed by atoms with van der Waals surface area (Å²) in [6.45, 7) is 3.79. The van der Waals surface area contributed by atoms with Crippen LogP contribution in [-0.4, -0.2) is 44.8 Å². The highest BCUT2D eigenvalue weighted by atomic mass is 16.5. The van der Waals surface area contributed by atoms with E-state index in [1.54, 1.807) is 6.33 Å². The van der Waals surface area contributed by atoms with Gasteiger partial charge in [-0.15, -0.1) is 10.2 Å². The molecular weight excluding hydrogens is 304 g/mol. The first-order valence-electron chi connectivity index (χ1n) is 8.43. The third-order valence-electron chi connectivity index (χ3n) is 4.61. The predicted molar refractivity (Wildman–Crippen MR) is 90.3 cm³/mol. The lowest BCUT2D eigenvalue weighted by atomic mass is 9.95. The molecule has 1 atom stereocenters. The Labute approximate surface area is 142 Å². The second-order valence-corrected chi connectivity index (χ2v) is 6.34. The van der Waals surface area contributed by atoms with Crippen LogP contribution in [0.1, 0.15) is 37.1 Å². The molecule has 0 N–H and O–H groups in total. The molecule has 1 fully saturated rings. The fourth-order valence-corrected chi connectivity index (χ4v) is 3.14. The molecule has 0 radical (unpaired) electrons. The molecule has 1 aliphatic heterocycles. The van der Waals surface area contributed by atoms with E-state index in [-0.39, 0.29) is 5.91 Å². The van der Waals surface area contributed by atoms with Crippen LogP contribution in [0.4, 0.5) is 0 Å². The number of hydrogen-bond acceptors (Lipinski definition) is 4. The van der Waals surface area contributed by atoms with Crippen LogP contribution in [0.25, 0.3) is 0 Å². The zero-order chi connectivity index (χ0) is 16.9. The number of carbonyl (C=O) groups excluding carboxylic acids is 1. The van der Waals surface area contributed by atoms with Crippen LogP contribution in [0.5, 0.6) is 0 Å².